The van der Waals surface area contributed by atoms with E-state index in [1.165, 1.54) is 0 Å². The summed E-state index contributed by atoms with van der Waals surface area (Å²) in [5.41, 5.74) is -0.989. The number of esters is 1. The number of hydrogen-bond acceptors (Lipinski definition) is 5. The molecule has 0 aliphatic heterocycles. The number of rotatable bonds is 8. The van der Waals surface area contributed by atoms with Gasteiger partial charge in [-0.3, -0.25) is 19.2 Å². The Morgan fingerprint density at radius 3 is 2.33 bits per heavy atom. The summed E-state index contributed by atoms with van der Waals surface area (Å²) in [6.07, 6.45) is -0.177. The number of benzene rings is 1. The van der Waals surface area contributed by atoms with Crippen LogP contribution < -0.4 is 0 Å². The van der Waals surface area contributed by atoms with E-state index in [0.29, 0.717) is 5.56 Å². The third kappa shape index (κ3) is 3.69. The van der Waals surface area contributed by atoms with E-state index in [4.69, 9.17) is 4.74 Å². The van der Waals surface area contributed by atoms with Crippen molar-refractivity contribution in [1.29, 1.82) is 0 Å². The van der Waals surface area contributed by atoms with Gasteiger partial charge in [0.1, 0.15) is 11.8 Å². The number of ether oxygens (including phenoxy) is 1. The van der Waals surface area contributed by atoms with Crippen molar-refractivity contribution in [1.82, 2.24) is 0 Å². The number of carboxylic acids is 1. The molecule has 1 aromatic carbocycles. The Labute approximate surface area is 139 Å². The first-order chi connectivity index (χ1) is 11.4. The van der Waals surface area contributed by atoms with Crippen LogP contribution in [0.25, 0.3) is 0 Å². The van der Waals surface area contributed by atoms with Crippen molar-refractivity contribution in [2.75, 3.05) is 6.61 Å². The predicted molar refractivity (Wildman–Crippen MR) is 84.4 cm³/mol. The molecule has 2 rings (SSSR count). The van der Waals surface area contributed by atoms with Gasteiger partial charge in [0.15, 0.2) is 11.6 Å². The minimum Gasteiger partial charge on any atom is -0.480 e. The number of aliphatic carboxylic acids is 1. The van der Waals surface area contributed by atoms with Crippen molar-refractivity contribution >= 4 is 23.5 Å². The summed E-state index contributed by atoms with van der Waals surface area (Å²) in [4.78, 5) is 47.3. The lowest BCUT2D eigenvalue weighted by Gasteiger charge is -2.42. The van der Waals surface area contributed by atoms with Gasteiger partial charge < -0.3 is 9.84 Å². The summed E-state index contributed by atoms with van der Waals surface area (Å²) < 4.78 is 4.70. The molecule has 0 spiro atoms. The zero-order valence-electron chi connectivity index (χ0n) is 13.5. The molecule has 0 heterocycles. The van der Waals surface area contributed by atoms with Gasteiger partial charge in [-0.2, -0.15) is 0 Å². The quantitative estimate of drug-likeness (QED) is 0.445. The van der Waals surface area contributed by atoms with Crippen molar-refractivity contribution in [3.05, 3.63) is 35.9 Å². The molecule has 0 aromatic heterocycles. The van der Waals surface area contributed by atoms with E-state index in [1.807, 2.05) is 6.07 Å². The minimum absolute atomic E-state index is 0.0718. The molecule has 0 amide bonds. The summed E-state index contributed by atoms with van der Waals surface area (Å²) in [5, 5.41) is 9.41. The van der Waals surface area contributed by atoms with Crippen molar-refractivity contribution in [2.24, 2.45) is 11.3 Å². The molecule has 1 aliphatic rings. The SMILES string of the molecule is CCOC(=O)CC(=O)C1(C(=O)O)CC(CC(=O)c2ccccc2)C1. The molecule has 1 N–H and O–H groups in total. The molecule has 6 nitrogen and oxygen atoms in total. The van der Waals surface area contributed by atoms with E-state index < -0.39 is 29.6 Å². The van der Waals surface area contributed by atoms with Gasteiger partial charge in [0.05, 0.1) is 6.61 Å². The number of Topliss-reactive ketones (excluding diaryl/α,β-unsaturated/α-hetero) is 2. The summed E-state index contributed by atoms with van der Waals surface area (Å²) in [5.74, 6) is -2.83. The fourth-order valence-corrected chi connectivity index (χ4v) is 3.11. The predicted octanol–water partition coefficient (Wildman–Crippen LogP) is 2.26. The summed E-state index contributed by atoms with van der Waals surface area (Å²) >= 11 is 0. The van der Waals surface area contributed by atoms with Crippen LogP contribution in [0.15, 0.2) is 30.3 Å². The second-order valence-electron chi connectivity index (χ2n) is 6.06. The Hall–Kier alpha value is -2.50. The number of ketones is 2. The molecule has 24 heavy (non-hydrogen) atoms. The molecule has 0 radical (unpaired) electrons. The number of carbonyl (C=O) groups excluding carboxylic acids is 3. The molecule has 1 fully saturated rings. The summed E-state index contributed by atoms with van der Waals surface area (Å²) in [6.45, 7) is 1.75. The standard InChI is InChI=1S/C18H20O6/c1-2-24-16(21)9-15(20)18(17(22)23)10-12(11-18)8-14(19)13-6-4-3-5-7-13/h3-7,12H,2,8-11H2,1H3,(H,22,23). The van der Waals surface area contributed by atoms with Crippen molar-refractivity contribution in [3.63, 3.8) is 0 Å². The van der Waals surface area contributed by atoms with Crippen LogP contribution in [0, 0.1) is 11.3 Å². The highest BCUT2D eigenvalue weighted by atomic mass is 16.5. The van der Waals surface area contributed by atoms with Gasteiger partial charge in [0, 0.05) is 12.0 Å². The van der Waals surface area contributed by atoms with E-state index in [1.54, 1.807) is 31.2 Å². The maximum absolute atomic E-state index is 12.2. The molecule has 1 aliphatic carbocycles. The van der Waals surface area contributed by atoms with Gasteiger partial charge in [-0.15, -0.1) is 0 Å². The lowest BCUT2D eigenvalue weighted by Crippen LogP contribution is -2.51. The third-order valence-corrected chi connectivity index (χ3v) is 4.40. The Morgan fingerprint density at radius 1 is 1.17 bits per heavy atom. The fraction of sp³-hybridized carbons (Fsp3) is 0.444. The Balaban J connectivity index is 1.96. The Kier molecular flexibility index (Phi) is 5.49. The molecule has 0 atom stereocenters. The van der Waals surface area contributed by atoms with Crippen LogP contribution >= 0.6 is 0 Å². The zero-order valence-corrected chi connectivity index (χ0v) is 13.5. The van der Waals surface area contributed by atoms with Gasteiger partial charge in [-0.05, 0) is 25.7 Å². The largest absolute Gasteiger partial charge is 0.480 e. The highest BCUT2D eigenvalue weighted by Crippen LogP contribution is 2.49. The normalized spacial score (nSPS) is 22.3. The van der Waals surface area contributed by atoms with E-state index >= 15 is 0 Å². The minimum atomic E-state index is -1.56. The van der Waals surface area contributed by atoms with Gasteiger partial charge in [-0.1, -0.05) is 30.3 Å². The third-order valence-electron chi connectivity index (χ3n) is 4.40. The van der Waals surface area contributed by atoms with Crippen LogP contribution in [0.2, 0.25) is 0 Å². The second kappa shape index (κ2) is 7.38. The first-order valence-corrected chi connectivity index (χ1v) is 7.89. The van der Waals surface area contributed by atoms with Crippen LogP contribution in [-0.2, 0) is 19.1 Å². The highest BCUT2D eigenvalue weighted by Gasteiger charge is 2.56. The summed E-state index contributed by atoms with van der Waals surface area (Å²) in [6, 6.07) is 8.75. The first kappa shape index (κ1) is 17.8. The average molecular weight is 332 g/mol. The molecular formula is C18H20O6. The molecule has 6 heteroatoms. The van der Waals surface area contributed by atoms with Crippen LogP contribution in [0.5, 0.6) is 0 Å². The topological polar surface area (TPSA) is 97.7 Å². The maximum Gasteiger partial charge on any atom is 0.317 e. The Bertz CT molecular complexity index is 643. The lowest BCUT2D eigenvalue weighted by molar-refractivity contribution is -0.166. The molecule has 1 saturated carbocycles. The van der Waals surface area contributed by atoms with E-state index in [9.17, 15) is 24.3 Å². The lowest BCUT2D eigenvalue weighted by atomic mass is 9.58. The number of carboxylic acid groups (broad SMARTS) is 1. The van der Waals surface area contributed by atoms with Gasteiger partial charge in [0.25, 0.3) is 0 Å². The van der Waals surface area contributed by atoms with Crippen molar-refractivity contribution in [2.45, 2.75) is 32.6 Å². The van der Waals surface area contributed by atoms with Gasteiger partial charge in [0.2, 0.25) is 0 Å². The van der Waals surface area contributed by atoms with Gasteiger partial charge in [-0.25, -0.2) is 0 Å². The maximum atomic E-state index is 12.2. The monoisotopic (exact) mass is 332 g/mol. The molecule has 0 bridgehead atoms. The molecule has 0 saturated heterocycles. The van der Waals surface area contributed by atoms with Crippen molar-refractivity contribution in [3.8, 4) is 0 Å². The number of carbonyl (C=O) groups is 4. The zero-order chi connectivity index (χ0) is 17.7. The van der Waals surface area contributed by atoms with Crippen LogP contribution in [0.3, 0.4) is 0 Å². The second-order valence-corrected chi connectivity index (χ2v) is 6.06. The molecule has 1 aromatic rings. The smallest absolute Gasteiger partial charge is 0.317 e. The summed E-state index contributed by atoms with van der Waals surface area (Å²) in [7, 11) is 0. The average Bonchev–Trinajstić information content (AvgIpc) is 2.50. The van der Waals surface area contributed by atoms with E-state index in [0.717, 1.165) is 0 Å². The Morgan fingerprint density at radius 2 is 1.79 bits per heavy atom. The van der Waals surface area contributed by atoms with E-state index in [-0.39, 0.29) is 37.6 Å². The molecule has 128 valence electrons. The highest BCUT2D eigenvalue weighted by molar-refractivity contribution is 6.10. The number of hydrogen-bond donors (Lipinski definition) is 1. The van der Waals surface area contributed by atoms with Gasteiger partial charge >= 0.3 is 11.9 Å². The van der Waals surface area contributed by atoms with Crippen LogP contribution in [0.4, 0.5) is 0 Å². The van der Waals surface area contributed by atoms with Crippen molar-refractivity contribution < 1.29 is 29.0 Å². The van der Waals surface area contributed by atoms with Crippen LogP contribution in [0.1, 0.15) is 43.0 Å². The van der Waals surface area contributed by atoms with Crippen LogP contribution in [-0.4, -0.2) is 35.2 Å². The molecule has 0 unspecified atom stereocenters. The fourth-order valence-electron chi connectivity index (χ4n) is 3.11. The first-order valence-electron chi connectivity index (χ1n) is 7.89. The molecular weight excluding hydrogens is 312 g/mol. The van der Waals surface area contributed by atoms with E-state index in [2.05, 4.69) is 0 Å².